The number of carbonyl (C=O) groups is 1. The average Bonchev–Trinajstić information content (AvgIpc) is 2.53. The van der Waals surface area contributed by atoms with Gasteiger partial charge in [-0.2, -0.15) is 0 Å². The summed E-state index contributed by atoms with van der Waals surface area (Å²) in [5.41, 5.74) is -0.859. The lowest BCUT2D eigenvalue weighted by Gasteiger charge is -2.29. The van der Waals surface area contributed by atoms with Crippen LogP contribution in [0.1, 0.15) is 18.1 Å². The Morgan fingerprint density at radius 3 is 2.04 bits per heavy atom. The first-order valence-corrected chi connectivity index (χ1v) is 7.83. The third-order valence-corrected chi connectivity index (χ3v) is 4.60. The molecular weight excluding hydrogens is 377 g/mol. The molecule has 5 nitrogen and oxygen atoms in total. The zero-order chi connectivity index (χ0) is 18.1. The third kappa shape index (κ3) is 3.20. The molecule has 1 atom stereocenters. The second-order valence-electron chi connectivity index (χ2n) is 5.17. The molecule has 1 unspecified atom stereocenters. The fraction of sp³-hybridized carbons (Fsp3) is 0.188. The monoisotopic (exact) mass is 387 g/mol. The number of hydrogen-bond donors (Lipinski definition) is 0. The van der Waals surface area contributed by atoms with Gasteiger partial charge in [-0.05, 0) is 24.6 Å². The molecule has 8 heteroatoms. The van der Waals surface area contributed by atoms with Crippen LogP contribution in [0.15, 0.2) is 36.4 Å². The van der Waals surface area contributed by atoms with Crippen LogP contribution >= 0.6 is 34.8 Å². The number of rotatable bonds is 4. The minimum atomic E-state index is -1.36. The Bertz CT molecular complexity index is 784. The minimum absolute atomic E-state index is 0.00273. The molecule has 0 bridgehead atoms. The maximum Gasteiger partial charge on any atom is 0.320 e. The van der Waals surface area contributed by atoms with Gasteiger partial charge in [-0.15, -0.1) is 0 Å². The molecule has 126 valence electrons. The van der Waals surface area contributed by atoms with E-state index in [4.69, 9.17) is 39.5 Å². The number of benzene rings is 2. The SMILES string of the molecule is COC(=O)C(C)(c1ccc(Cl)cc1)c1c(Cl)cc([N+](=O)[O-])cc1Cl. The molecule has 0 amide bonds. The summed E-state index contributed by atoms with van der Waals surface area (Å²) in [6.45, 7) is 1.58. The molecular formula is C16H12Cl3NO4. The molecule has 2 aromatic rings. The number of halogens is 3. The molecule has 0 heterocycles. The Labute approximate surface area is 153 Å². The standard InChI is InChI=1S/C16H12Cl3NO4/c1-16(15(21)24-2,9-3-5-10(17)6-4-9)14-12(18)7-11(20(22)23)8-13(14)19/h3-8H,1-2H3. The summed E-state index contributed by atoms with van der Waals surface area (Å²) in [5, 5.41) is 11.4. The first kappa shape index (κ1) is 18.5. The Hall–Kier alpha value is -1.82. The van der Waals surface area contributed by atoms with Crippen LogP contribution in [0.4, 0.5) is 5.69 Å². The van der Waals surface area contributed by atoms with Gasteiger partial charge in [0.25, 0.3) is 5.69 Å². The average molecular weight is 389 g/mol. The van der Waals surface area contributed by atoms with Crippen LogP contribution in [0.3, 0.4) is 0 Å². The molecule has 0 saturated carbocycles. The number of nitrogens with zero attached hydrogens (tertiary/aromatic N) is 1. The third-order valence-electron chi connectivity index (χ3n) is 3.75. The molecule has 0 spiro atoms. The molecule has 0 aromatic heterocycles. The van der Waals surface area contributed by atoms with Crippen molar-refractivity contribution in [3.8, 4) is 0 Å². The number of hydrogen-bond acceptors (Lipinski definition) is 4. The topological polar surface area (TPSA) is 69.4 Å². The number of ether oxygens (including phenoxy) is 1. The highest BCUT2D eigenvalue weighted by molar-refractivity contribution is 6.37. The van der Waals surface area contributed by atoms with Gasteiger partial charge >= 0.3 is 5.97 Å². The Balaban J connectivity index is 2.76. The first-order valence-electron chi connectivity index (χ1n) is 6.70. The van der Waals surface area contributed by atoms with E-state index in [-0.39, 0.29) is 21.3 Å². The molecule has 24 heavy (non-hydrogen) atoms. The van der Waals surface area contributed by atoms with E-state index in [1.165, 1.54) is 7.11 Å². The van der Waals surface area contributed by atoms with Crippen LogP contribution in [-0.4, -0.2) is 18.0 Å². The highest BCUT2D eigenvalue weighted by Crippen LogP contribution is 2.43. The van der Waals surface area contributed by atoms with Crippen molar-refractivity contribution in [2.24, 2.45) is 0 Å². The summed E-state index contributed by atoms with van der Waals surface area (Å²) >= 11 is 18.3. The largest absolute Gasteiger partial charge is 0.468 e. The smallest absolute Gasteiger partial charge is 0.320 e. The second kappa shape index (κ2) is 6.97. The molecule has 0 aliphatic carbocycles. The van der Waals surface area contributed by atoms with Gasteiger partial charge in [0.05, 0.1) is 22.1 Å². The quantitative estimate of drug-likeness (QED) is 0.418. The fourth-order valence-corrected chi connectivity index (χ4v) is 3.47. The van der Waals surface area contributed by atoms with Crippen LogP contribution in [-0.2, 0) is 14.9 Å². The van der Waals surface area contributed by atoms with Crippen LogP contribution in [0.5, 0.6) is 0 Å². The lowest BCUT2D eigenvalue weighted by molar-refractivity contribution is -0.384. The summed E-state index contributed by atoms with van der Waals surface area (Å²) in [4.78, 5) is 22.9. The van der Waals surface area contributed by atoms with Gasteiger partial charge in [0, 0.05) is 22.7 Å². The zero-order valence-electron chi connectivity index (χ0n) is 12.7. The Morgan fingerprint density at radius 1 is 1.12 bits per heavy atom. The van der Waals surface area contributed by atoms with Gasteiger partial charge in [-0.25, -0.2) is 0 Å². The summed E-state index contributed by atoms with van der Waals surface area (Å²) in [5.74, 6) is -0.609. The number of non-ortho nitro benzene ring substituents is 1. The van der Waals surface area contributed by atoms with E-state index in [1.807, 2.05) is 0 Å². The van der Waals surface area contributed by atoms with Crippen molar-refractivity contribution in [3.05, 3.63) is 72.7 Å². The summed E-state index contributed by atoms with van der Waals surface area (Å²) in [6, 6.07) is 8.83. The van der Waals surface area contributed by atoms with E-state index in [0.717, 1.165) is 12.1 Å². The number of methoxy groups -OCH3 is 1. The Kier molecular flexibility index (Phi) is 5.38. The van der Waals surface area contributed by atoms with Crippen molar-refractivity contribution in [1.82, 2.24) is 0 Å². The fourth-order valence-electron chi connectivity index (χ4n) is 2.49. The van der Waals surface area contributed by atoms with Gasteiger partial charge in [0.15, 0.2) is 0 Å². The van der Waals surface area contributed by atoms with Crippen molar-refractivity contribution in [3.63, 3.8) is 0 Å². The predicted octanol–water partition coefficient (Wildman–Crippen LogP) is 5.03. The molecule has 0 N–H and O–H groups in total. The molecule has 2 aromatic carbocycles. The summed E-state index contributed by atoms with van der Waals surface area (Å²) in [7, 11) is 1.24. The number of carbonyl (C=O) groups excluding carboxylic acids is 1. The zero-order valence-corrected chi connectivity index (χ0v) is 14.9. The lowest BCUT2D eigenvalue weighted by Crippen LogP contribution is -2.35. The molecule has 2 rings (SSSR count). The van der Waals surface area contributed by atoms with Crippen LogP contribution < -0.4 is 0 Å². The highest BCUT2D eigenvalue weighted by Gasteiger charge is 2.42. The lowest BCUT2D eigenvalue weighted by atomic mass is 9.76. The number of nitro benzene ring substituents is 1. The van der Waals surface area contributed by atoms with E-state index in [9.17, 15) is 14.9 Å². The number of esters is 1. The van der Waals surface area contributed by atoms with Crippen LogP contribution in [0, 0.1) is 10.1 Å². The molecule has 0 aliphatic heterocycles. The van der Waals surface area contributed by atoms with E-state index in [2.05, 4.69) is 0 Å². The van der Waals surface area contributed by atoms with E-state index >= 15 is 0 Å². The van der Waals surface area contributed by atoms with Crippen molar-refractivity contribution < 1.29 is 14.5 Å². The van der Waals surface area contributed by atoms with Gasteiger partial charge in [0.2, 0.25) is 0 Å². The van der Waals surface area contributed by atoms with Gasteiger partial charge in [0.1, 0.15) is 5.41 Å². The van der Waals surface area contributed by atoms with E-state index in [0.29, 0.717) is 10.6 Å². The molecule has 0 radical (unpaired) electrons. The first-order chi connectivity index (χ1) is 11.2. The molecule has 0 fully saturated rings. The van der Waals surface area contributed by atoms with Gasteiger partial charge < -0.3 is 4.74 Å². The molecule has 0 saturated heterocycles. The molecule has 0 aliphatic rings. The Morgan fingerprint density at radius 2 is 1.62 bits per heavy atom. The summed E-state index contributed by atoms with van der Waals surface area (Å²) in [6.07, 6.45) is 0. The maximum atomic E-state index is 12.5. The van der Waals surface area contributed by atoms with Crippen LogP contribution in [0.2, 0.25) is 15.1 Å². The minimum Gasteiger partial charge on any atom is -0.468 e. The summed E-state index contributed by atoms with van der Waals surface area (Å²) < 4.78 is 4.92. The van der Waals surface area contributed by atoms with Crippen molar-refractivity contribution in [2.45, 2.75) is 12.3 Å². The highest BCUT2D eigenvalue weighted by atomic mass is 35.5. The predicted molar refractivity (Wildman–Crippen MR) is 93.0 cm³/mol. The van der Waals surface area contributed by atoms with Gasteiger partial charge in [-0.1, -0.05) is 46.9 Å². The number of nitro groups is 1. The van der Waals surface area contributed by atoms with Crippen LogP contribution in [0.25, 0.3) is 0 Å². The van der Waals surface area contributed by atoms with Crippen molar-refractivity contribution in [1.29, 1.82) is 0 Å². The van der Waals surface area contributed by atoms with Gasteiger partial charge in [-0.3, -0.25) is 14.9 Å². The van der Waals surface area contributed by atoms with E-state index < -0.39 is 16.3 Å². The van der Waals surface area contributed by atoms with Crippen molar-refractivity contribution in [2.75, 3.05) is 7.11 Å². The second-order valence-corrected chi connectivity index (χ2v) is 6.42. The maximum absolute atomic E-state index is 12.5. The van der Waals surface area contributed by atoms with E-state index in [1.54, 1.807) is 31.2 Å². The van der Waals surface area contributed by atoms with Crippen molar-refractivity contribution >= 4 is 46.5 Å². The normalized spacial score (nSPS) is 13.2.